The molecule has 1 N–H and O–H groups in total. The van der Waals surface area contributed by atoms with E-state index in [1.165, 1.54) is 12.1 Å². The van der Waals surface area contributed by atoms with Crippen molar-refractivity contribution in [3.63, 3.8) is 0 Å². The summed E-state index contributed by atoms with van der Waals surface area (Å²) < 4.78 is 78.7. The highest BCUT2D eigenvalue weighted by molar-refractivity contribution is 5.48. The van der Waals surface area contributed by atoms with Crippen LogP contribution in [0.1, 0.15) is 11.1 Å². The first kappa shape index (κ1) is 15.2. The van der Waals surface area contributed by atoms with Gasteiger partial charge in [0.05, 0.1) is 0 Å². The molecule has 1 nitrogen and oxygen atoms in total. The Morgan fingerprint density at radius 3 is 1.86 bits per heavy atom. The zero-order valence-corrected chi connectivity index (χ0v) is 10.7. The molecule has 112 valence electrons. The lowest BCUT2D eigenvalue weighted by Gasteiger charge is -2.12. The Hall–Kier alpha value is -2.18. The number of halogens is 6. The summed E-state index contributed by atoms with van der Waals surface area (Å²) in [5, 5.41) is 2.15. The maximum atomic E-state index is 13.4. The highest BCUT2D eigenvalue weighted by Crippen LogP contribution is 2.27. The molecule has 0 atom stereocenters. The topological polar surface area (TPSA) is 12.0 Å². The summed E-state index contributed by atoms with van der Waals surface area (Å²) in [6.07, 6.45) is 0. The van der Waals surface area contributed by atoms with Crippen molar-refractivity contribution in [2.75, 3.05) is 5.32 Å². The van der Waals surface area contributed by atoms with Crippen molar-refractivity contribution in [2.24, 2.45) is 0 Å². The maximum Gasteiger partial charge on any atom is 0.200 e. The summed E-state index contributed by atoms with van der Waals surface area (Å²) >= 11 is 0. The van der Waals surface area contributed by atoms with Gasteiger partial charge in [0.1, 0.15) is 11.5 Å². The number of hydrogen-bond donors (Lipinski definition) is 1. The van der Waals surface area contributed by atoms with E-state index in [9.17, 15) is 26.3 Å². The molecule has 7 heteroatoms. The summed E-state index contributed by atoms with van der Waals surface area (Å²) in [6.45, 7) is 1.34. The highest BCUT2D eigenvalue weighted by atomic mass is 19.2. The second-order valence-electron chi connectivity index (χ2n) is 4.37. The Balaban J connectivity index is 2.32. The lowest BCUT2D eigenvalue weighted by molar-refractivity contribution is 0.381. The molecule has 2 aromatic rings. The minimum absolute atomic E-state index is 0.218. The molecular weight excluding hydrogens is 296 g/mol. The van der Waals surface area contributed by atoms with Crippen LogP contribution in [0.25, 0.3) is 0 Å². The van der Waals surface area contributed by atoms with Crippen molar-refractivity contribution in [3.8, 4) is 0 Å². The van der Waals surface area contributed by atoms with Crippen molar-refractivity contribution >= 4 is 5.69 Å². The Morgan fingerprint density at radius 2 is 1.33 bits per heavy atom. The van der Waals surface area contributed by atoms with Gasteiger partial charge in [0.2, 0.25) is 5.82 Å². The molecule has 0 spiro atoms. The Morgan fingerprint density at radius 1 is 0.810 bits per heavy atom. The largest absolute Gasteiger partial charge is 0.376 e. The Bertz CT molecular complexity index is 669. The van der Waals surface area contributed by atoms with E-state index in [-0.39, 0.29) is 6.54 Å². The first-order valence-corrected chi connectivity index (χ1v) is 5.83. The van der Waals surface area contributed by atoms with Crippen LogP contribution in [0.2, 0.25) is 0 Å². The third kappa shape index (κ3) is 2.81. The van der Waals surface area contributed by atoms with Crippen LogP contribution >= 0.6 is 0 Å². The number of benzene rings is 2. The lowest BCUT2D eigenvalue weighted by atomic mass is 10.1. The fraction of sp³-hybridized carbons (Fsp3) is 0.143. The number of hydrogen-bond acceptors (Lipinski definition) is 1. The molecule has 0 bridgehead atoms. The van der Waals surface area contributed by atoms with Gasteiger partial charge in [-0.25, -0.2) is 26.3 Å². The predicted octanol–water partition coefficient (Wildman–Crippen LogP) is 4.44. The molecule has 0 saturated heterocycles. The molecular formula is C14H9F6N. The number of rotatable bonds is 3. The van der Waals surface area contributed by atoms with Crippen LogP contribution in [-0.4, -0.2) is 0 Å². The van der Waals surface area contributed by atoms with Gasteiger partial charge in [-0.15, -0.1) is 0 Å². The van der Waals surface area contributed by atoms with Crippen molar-refractivity contribution in [2.45, 2.75) is 13.5 Å². The minimum Gasteiger partial charge on any atom is -0.376 e. The average molecular weight is 305 g/mol. The summed E-state index contributed by atoms with van der Waals surface area (Å²) in [7, 11) is 0. The molecule has 0 fully saturated rings. The van der Waals surface area contributed by atoms with Crippen LogP contribution in [0, 0.1) is 41.8 Å². The van der Waals surface area contributed by atoms with Crippen molar-refractivity contribution in [1.29, 1.82) is 0 Å². The third-order valence-electron chi connectivity index (χ3n) is 2.97. The fourth-order valence-electron chi connectivity index (χ4n) is 1.80. The second-order valence-corrected chi connectivity index (χ2v) is 4.37. The molecule has 2 aromatic carbocycles. The molecule has 0 aliphatic carbocycles. The van der Waals surface area contributed by atoms with Gasteiger partial charge in [0, 0.05) is 6.54 Å². The predicted molar refractivity (Wildman–Crippen MR) is 64.7 cm³/mol. The second kappa shape index (κ2) is 5.67. The van der Waals surface area contributed by atoms with E-state index in [2.05, 4.69) is 5.32 Å². The van der Waals surface area contributed by atoms with E-state index in [1.807, 2.05) is 0 Å². The van der Waals surface area contributed by atoms with E-state index in [0.29, 0.717) is 11.1 Å². The van der Waals surface area contributed by atoms with Crippen molar-refractivity contribution < 1.29 is 26.3 Å². The quantitative estimate of drug-likeness (QED) is 0.502. The average Bonchev–Trinajstić information content (AvgIpc) is 2.45. The van der Waals surface area contributed by atoms with Gasteiger partial charge in [0.15, 0.2) is 23.3 Å². The fourth-order valence-corrected chi connectivity index (χ4v) is 1.80. The third-order valence-corrected chi connectivity index (χ3v) is 2.97. The smallest absolute Gasteiger partial charge is 0.200 e. The zero-order valence-electron chi connectivity index (χ0n) is 10.7. The van der Waals surface area contributed by atoms with Crippen LogP contribution in [0.4, 0.5) is 32.0 Å². The van der Waals surface area contributed by atoms with Gasteiger partial charge >= 0.3 is 0 Å². The Labute approximate surface area is 116 Å². The van der Waals surface area contributed by atoms with Crippen LogP contribution < -0.4 is 5.32 Å². The summed E-state index contributed by atoms with van der Waals surface area (Å²) in [4.78, 5) is 0. The van der Waals surface area contributed by atoms with Gasteiger partial charge in [-0.2, -0.15) is 0 Å². The van der Waals surface area contributed by atoms with Crippen LogP contribution in [0.5, 0.6) is 0 Å². The van der Waals surface area contributed by atoms with Gasteiger partial charge in [-0.3, -0.25) is 0 Å². The summed E-state index contributed by atoms with van der Waals surface area (Å²) in [5.74, 6) is -10.6. The van der Waals surface area contributed by atoms with Crippen LogP contribution in [-0.2, 0) is 6.54 Å². The number of anilines is 1. The first-order valence-electron chi connectivity index (χ1n) is 5.83. The normalized spacial score (nSPS) is 10.8. The van der Waals surface area contributed by atoms with Crippen LogP contribution in [0.3, 0.4) is 0 Å². The van der Waals surface area contributed by atoms with Crippen molar-refractivity contribution in [1.82, 2.24) is 0 Å². The lowest BCUT2D eigenvalue weighted by Crippen LogP contribution is -2.10. The van der Waals surface area contributed by atoms with Gasteiger partial charge in [0.25, 0.3) is 0 Å². The molecule has 0 heterocycles. The first-order chi connectivity index (χ1) is 9.82. The number of nitrogens with one attached hydrogen (secondary N) is 1. The van der Waals surface area contributed by atoms with E-state index >= 15 is 0 Å². The maximum absolute atomic E-state index is 13.4. The molecule has 0 radical (unpaired) electrons. The highest BCUT2D eigenvalue weighted by Gasteiger charge is 2.25. The molecule has 0 saturated carbocycles. The van der Waals surface area contributed by atoms with Crippen LogP contribution in [0.15, 0.2) is 18.2 Å². The molecule has 21 heavy (non-hydrogen) atoms. The number of aryl methyl sites for hydroxylation is 1. The van der Waals surface area contributed by atoms with Gasteiger partial charge in [-0.1, -0.05) is 6.07 Å². The molecule has 2 rings (SSSR count). The van der Waals surface area contributed by atoms with E-state index in [4.69, 9.17) is 0 Å². The molecule has 0 aliphatic rings. The molecule has 0 unspecified atom stereocenters. The van der Waals surface area contributed by atoms with E-state index in [1.54, 1.807) is 6.92 Å². The van der Waals surface area contributed by atoms with Crippen molar-refractivity contribution in [3.05, 3.63) is 64.2 Å². The minimum atomic E-state index is -2.21. The molecule has 0 amide bonds. The van der Waals surface area contributed by atoms with E-state index < -0.39 is 40.6 Å². The molecule has 0 aliphatic heterocycles. The molecule has 0 aromatic heterocycles. The Kier molecular flexibility index (Phi) is 4.11. The monoisotopic (exact) mass is 305 g/mol. The van der Waals surface area contributed by atoms with E-state index in [0.717, 1.165) is 6.07 Å². The summed E-state index contributed by atoms with van der Waals surface area (Å²) in [6, 6.07) is 3.67. The van der Waals surface area contributed by atoms with Gasteiger partial charge in [-0.05, 0) is 30.2 Å². The SMILES string of the molecule is Cc1cc(F)ccc1CNc1c(F)c(F)c(F)c(F)c1F. The zero-order chi connectivity index (χ0) is 15.7. The van der Waals surface area contributed by atoms with Gasteiger partial charge < -0.3 is 5.32 Å². The summed E-state index contributed by atoms with van der Waals surface area (Å²) in [5.41, 5.74) is -0.179. The standard InChI is InChI=1S/C14H9F6N/c1-6-4-8(15)3-2-7(6)5-21-14-12(19)10(17)9(16)11(18)13(14)20/h2-4,21H,5H2,1H3.